The third-order valence-corrected chi connectivity index (χ3v) is 4.30. The van der Waals surface area contributed by atoms with E-state index in [0.29, 0.717) is 10.3 Å². The number of carbonyl (C=O) groups is 1. The first-order valence-corrected chi connectivity index (χ1v) is 7.70. The summed E-state index contributed by atoms with van der Waals surface area (Å²) in [6, 6.07) is 8.54. The first-order valence-electron chi connectivity index (χ1n) is 5.43. The number of benzene rings is 1. The highest BCUT2D eigenvalue weighted by Crippen LogP contribution is 2.17. The maximum atomic E-state index is 12.1. The van der Waals surface area contributed by atoms with Crippen molar-refractivity contribution in [1.82, 2.24) is 4.98 Å². The second-order valence-electron chi connectivity index (χ2n) is 3.86. The van der Waals surface area contributed by atoms with E-state index in [1.807, 2.05) is 0 Å². The molecule has 0 radical (unpaired) electrons. The number of nitrogens with two attached hydrogens (primary N) is 1. The van der Waals surface area contributed by atoms with Crippen LogP contribution in [0.3, 0.4) is 0 Å². The highest BCUT2D eigenvalue weighted by atomic mass is 79.9. The maximum absolute atomic E-state index is 12.1. The molecule has 0 aliphatic heterocycles. The van der Waals surface area contributed by atoms with Gasteiger partial charge in [0, 0.05) is 5.56 Å². The number of pyridine rings is 1. The van der Waals surface area contributed by atoms with E-state index in [0.717, 1.165) is 0 Å². The van der Waals surface area contributed by atoms with Crippen LogP contribution in [-0.4, -0.2) is 19.3 Å². The Morgan fingerprint density at radius 1 is 1.15 bits per heavy atom. The van der Waals surface area contributed by atoms with Gasteiger partial charge in [0.25, 0.3) is 10.0 Å². The van der Waals surface area contributed by atoms with Crippen LogP contribution in [0.2, 0.25) is 0 Å². The first-order chi connectivity index (χ1) is 9.38. The van der Waals surface area contributed by atoms with Crippen molar-refractivity contribution in [3.05, 3.63) is 52.8 Å². The highest BCUT2D eigenvalue weighted by molar-refractivity contribution is 9.10. The fourth-order valence-corrected chi connectivity index (χ4v) is 2.73. The van der Waals surface area contributed by atoms with E-state index < -0.39 is 15.9 Å². The van der Waals surface area contributed by atoms with E-state index in [9.17, 15) is 13.2 Å². The van der Waals surface area contributed by atoms with E-state index >= 15 is 0 Å². The lowest BCUT2D eigenvalue weighted by atomic mass is 10.2. The molecule has 0 unspecified atom stereocenters. The number of aromatic nitrogens is 1. The van der Waals surface area contributed by atoms with E-state index in [4.69, 9.17) is 5.73 Å². The van der Waals surface area contributed by atoms with Gasteiger partial charge < -0.3 is 5.73 Å². The number of sulfonamides is 1. The molecule has 0 spiro atoms. The lowest BCUT2D eigenvalue weighted by Crippen LogP contribution is -2.14. The van der Waals surface area contributed by atoms with E-state index in [1.54, 1.807) is 12.1 Å². The summed E-state index contributed by atoms with van der Waals surface area (Å²) in [5.74, 6) is -0.612. The Bertz CT molecular complexity index is 728. The molecule has 0 saturated heterocycles. The van der Waals surface area contributed by atoms with Crippen molar-refractivity contribution in [2.24, 2.45) is 5.73 Å². The summed E-state index contributed by atoms with van der Waals surface area (Å²) in [5.41, 5.74) is 5.68. The summed E-state index contributed by atoms with van der Waals surface area (Å²) in [4.78, 5) is 14.9. The van der Waals surface area contributed by atoms with Crippen molar-refractivity contribution in [3.63, 3.8) is 0 Å². The van der Waals surface area contributed by atoms with Crippen molar-refractivity contribution < 1.29 is 13.2 Å². The Morgan fingerprint density at radius 2 is 1.80 bits per heavy atom. The molecule has 3 N–H and O–H groups in total. The average Bonchev–Trinajstić information content (AvgIpc) is 2.41. The molecular formula is C12H10BrN3O3S. The van der Waals surface area contributed by atoms with Gasteiger partial charge in [-0.15, -0.1) is 0 Å². The molecule has 104 valence electrons. The van der Waals surface area contributed by atoms with Crippen LogP contribution in [0, 0.1) is 0 Å². The van der Waals surface area contributed by atoms with Gasteiger partial charge in [0.2, 0.25) is 5.91 Å². The molecule has 1 amide bonds. The highest BCUT2D eigenvalue weighted by Gasteiger charge is 2.14. The van der Waals surface area contributed by atoms with Crippen molar-refractivity contribution in [1.29, 1.82) is 0 Å². The molecule has 2 aromatic rings. The topological polar surface area (TPSA) is 102 Å². The molecule has 6 nitrogen and oxygen atoms in total. The lowest BCUT2D eigenvalue weighted by Gasteiger charge is -2.08. The van der Waals surface area contributed by atoms with Crippen LogP contribution in [0.15, 0.2) is 52.1 Å². The van der Waals surface area contributed by atoms with Gasteiger partial charge in [-0.25, -0.2) is 13.4 Å². The van der Waals surface area contributed by atoms with Crippen LogP contribution in [-0.2, 0) is 10.0 Å². The Kier molecular flexibility index (Phi) is 4.05. The second kappa shape index (κ2) is 5.59. The molecule has 0 saturated carbocycles. The van der Waals surface area contributed by atoms with E-state index in [-0.39, 0.29) is 10.5 Å². The number of anilines is 1. The van der Waals surface area contributed by atoms with Crippen molar-refractivity contribution in [2.75, 3.05) is 4.72 Å². The number of rotatable bonds is 4. The standard InChI is InChI=1S/C12H10BrN3O3S/c13-11-6-3-9(7-15-11)16-20(18,19)10-4-1-8(2-5-10)12(14)17/h1-7,16H,(H2,14,17). The predicted octanol–water partition coefficient (Wildman–Crippen LogP) is 1.74. The van der Waals surface area contributed by atoms with E-state index in [2.05, 4.69) is 25.6 Å². The zero-order valence-corrected chi connectivity index (χ0v) is 12.5. The maximum Gasteiger partial charge on any atom is 0.261 e. The van der Waals surface area contributed by atoms with Gasteiger partial charge in [0.1, 0.15) is 4.60 Å². The number of nitrogens with one attached hydrogen (secondary N) is 1. The molecule has 1 aromatic carbocycles. The van der Waals surface area contributed by atoms with Gasteiger partial charge in [-0.3, -0.25) is 9.52 Å². The summed E-state index contributed by atoms with van der Waals surface area (Å²) in [7, 11) is -3.73. The van der Waals surface area contributed by atoms with Crippen molar-refractivity contribution >= 4 is 37.5 Å². The Balaban J connectivity index is 2.26. The van der Waals surface area contributed by atoms with Crippen LogP contribution >= 0.6 is 15.9 Å². The SMILES string of the molecule is NC(=O)c1ccc(S(=O)(=O)Nc2ccc(Br)nc2)cc1. The number of hydrogen-bond acceptors (Lipinski definition) is 4. The van der Waals surface area contributed by atoms with Gasteiger partial charge in [0.15, 0.2) is 0 Å². The summed E-state index contributed by atoms with van der Waals surface area (Å²) < 4.78 is 27.2. The fourth-order valence-electron chi connectivity index (χ4n) is 1.45. The quantitative estimate of drug-likeness (QED) is 0.815. The summed E-state index contributed by atoms with van der Waals surface area (Å²) in [5, 5.41) is 0. The minimum Gasteiger partial charge on any atom is -0.366 e. The molecule has 0 aliphatic carbocycles. The fraction of sp³-hybridized carbons (Fsp3) is 0. The molecule has 0 atom stereocenters. The van der Waals surface area contributed by atoms with Crippen molar-refractivity contribution in [2.45, 2.75) is 4.90 Å². The molecule has 8 heteroatoms. The average molecular weight is 356 g/mol. The van der Waals surface area contributed by atoms with Crippen LogP contribution in [0.1, 0.15) is 10.4 Å². The van der Waals surface area contributed by atoms with Gasteiger partial charge in [0.05, 0.1) is 16.8 Å². The minimum absolute atomic E-state index is 0.0328. The number of hydrogen-bond donors (Lipinski definition) is 2. The Hall–Kier alpha value is -1.93. The molecule has 1 aromatic heterocycles. The van der Waals surface area contributed by atoms with Crippen LogP contribution in [0.4, 0.5) is 5.69 Å². The molecule has 0 aliphatic rings. The largest absolute Gasteiger partial charge is 0.366 e. The molecule has 1 heterocycles. The van der Waals surface area contributed by atoms with Gasteiger partial charge in [-0.05, 0) is 52.3 Å². The van der Waals surface area contributed by atoms with Gasteiger partial charge >= 0.3 is 0 Å². The summed E-state index contributed by atoms with van der Waals surface area (Å²) in [6.45, 7) is 0. The lowest BCUT2D eigenvalue weighted by molar-refractivity contribution is 0.1000. The molecular weight excluding hydrogens is 346 g/mol. The zero-order chi connectivity index (χ0) is 14.8. The third kappa shape index (κ3) is 3.34. The monoisotopic (exact) mass is 355 g/mol. The molecule has 2 rings (SSSR count). The first kappa shape index (κ1) is 14.5. The van der Waals surface area contributed by atoms with Crippen LogP contribution < -0.4 is 10.5 Å². The Morgan fingerprint density at radius 3 is 2.30 bits per heavy atom. The van der Waals surface area contributed by atoms with E-state index in [1.165, 1.54) is 30.5 Å². The Labute approximate surface area is 124 Å². The predicted molar refractivity (Wildman–Crippen MR) is 77.7 cm³/mol. The molecule has 0 bridgehead atoms. The van der Waals surface area contributed by atoms with Gasteiger partial charge in [-0.2, -0.15) is 0 Å². The second-order valence-corrected chi connectivity index (χ2v) is 6.36. The number of primary amides is 1. The van der Waals surface area contributed by atoms with Gasteiger partial charge in [-0.1, -0.05) is 0 Å². The normalized spacial score (nSPS) is 11.1. The number of amides is 1. The third-order valence-electron chi connectivity index (χ3n) is 2.43. The smallest absolute Gasteiger partial charge is 0.261 e. The number of nitrogens with zero attached hydrogens (tertiary/aromatic N) is 1. The molecule has 20 heavy (non-hydrogen) atoms. The molecule has 0 fully saturated rings. The number of carbonyl (C=O) groups excluding carboxylic acids is 1. The van der Waals surface area contributed by atoms with Crippen LogP contribution in [0.5, 0.6) is 0 Å². The summed E-state index contributed by atoms with van der Waals surface area (Å²) in [6.07, 6.45) is 1.39. The number of halogens is 1. The minimum atomic E-state index is -3.73. The summed E-state index contributed by atoms with van der Waals surface area (Å²) >= 11 is 3.16. The van der Waals surface area contributed by atoms with Crippen molar-refractivity contribution in [3.8, 4) is 0 Å². The zero-order valence-electron chi connectivity index (χ0n) is 10.1. The van der Waals surface area contributed by atoms with Crippen LogP contribution in [0.25, 0.3) is 0 Å².